The van der Waals surface area contributed by atoms with Crippen LogP contribution in [0.2, 0.25) is 5.02 Å². The molecule has 0 amide bonds. The first kappa shape index (κ1) is 22.0. The Morgan fingerprint density at radius 3 is 2.38 bits per heavy atom. The zero-order valence-electron chi connectivity index (χ0n) is 17.9. The third-order valence-corrected chi connectivity index (χ3v) is 5.75. The van der Waals surface area contributed by atoms with Gasteiger partial charge in [-0.25, -0.2) is 8.78 Å². The zero-order chi connectivity index (χ0) is 23.0. The number of nitrogens with one attached hydrogen (secondary N) is 1. The fourth-order valence-electron chi connectivity index (χ4n) is 3.91. The fourth-order valence-corrected chi connectivity index (χ4v) is 4.09. The Bertz CT molecular complexity index is 1350. The van der Waals surface area contributed by atoms with Gasteiger partial charge in [0.1, 0.15) is 11.3 Å². The van der Waals surface area contributed by atoms with Crippen molar-refractivity contribution in [2.45, 2.75) is 33.2 Å². The molecule has 4 aromatic rings. The van der Waals surface area contributed by atoms with Crippen LogP contribution in [0.3, 0.4) is 0 Å². The lowest BCUT2D eigenvalue weighted by Gasteiger charge is -2.20. The summed E-state index contributed by atoms with van der Waals surface area (Å²) in [7, 11) is 0. The molecule has 0 bridgehead atoms. The molecule has 164 valence electrons. The third kappa shape index (κ3) is 4.13. The Hall–Kier alpha value is -3.18. The van der Waals surface area contributed by atoms with Gasteiger partial charge < -0.3 is 9.73 Å². The maximum absolute atomic E-state index is 13.6. The van der Waals surface area contributed by atoms with Crippen LogP contribution in [0, 0.1) is 13.8 Å². The molecular formula is C26H22ClF2NO2. The van der Waals surface area contributed by atoms with Crippen molar-refractivity contribution in [1.82, 2.24) is 0 Å². The molecule has 3 aromatic carbocycles. The number of aryl methyl sites for hydroxylation is 1. The average molecular weight is 454 g/mol. The predicted octanol–water partition coefficient (Wildman–Crippen LogP) is 7.84. The van der Waals surface area contributed by atoms with Crippen LogP contribution in [-0.2, 0) is 0 Å². The Balaban J connectivity index is 1.87. The molecule has 0 aliphatic rings. The van der Waals surface area contributed by atoms with Crippen molar-refractivity contribution in [3.05, 3.63) is 98.2 Å². The second kappa shape index (κ2) is 8.75. The van der Waals surface area contributed by atoms with E-state index in [1.807, 2.05) is 50.2 Å². The minimum Gasteiger partial charge on any atom is -0.455 e. The summed E-state index contributed by atoms with van der Waals surface area (Å²) < 4.78 is 33.4. The molecule has 0 aliphatic heterocycles. The van der Waals surface area contributed by atoms with E-state index in [1.165, 1.54) is 12.1 Å². The lowest BCUT2D eigenvalue weighted by atomic mass is 9.98. The highest BCUT2D eigenvalue weighted by atomic mass is 35.5. The first-order chi connectivity index (χ1) is 15.3. The molecule has 4 rings (SSSR count). The van der Waals surface area contributed by atoms with Gasteiger partial charge in [-0.15, -0.1) is 0 Å². The smallest absolute Gasteiger partial charge is 0.265 e. The van der Waals surface area contributed by atoms with Gasteiger partial charge in [0.05, 0.1) is 11.4 Å². The SMILES string of the molecule is Cc1cc(C(C)Nc2ccc(Cl)cc2C(F)F)c2oc(-c3ccccc3)c(C)c(=O)c2c1. The van der Waals surface area contributed by atoms with E-state index in [-0.39, 0.29) is 21.7 Å². The van der Waals surface area contributed by atoms with Crippen molar-refractivity contribution >= 4 is 28.3 Å². The van der Waals surface area contributed by atoms with Crippen LogP contribution < -0.4 is 10.7 Å². The lowest BCUT2D eigenvalue weighted by Crippen LogP contribution is -2.13. The first-order valence-corrected chi connectivity index (χ1v) is 10.6. The van der Waals surface area contributed by atoms with E-state index in [4.69, 9.17) is 16.0 Å². The van der Waals surface area contributed by atoms with Gasteiger partial charge in [-0.3, -0.25) is 4.79 Å². The summed E-state index contributed by atoms with van der Waals surface area (Å²) in [5.74, 6) is 0.500. The van der Waals surface area contributed by atoms with Gasteiger partial charge in [-0.1, -0.05) is 48.0 Å². The Labute approximate surface area is 189 Å². The first-order valence-electron chi connectivity index (χ1n) is 10.2. The van der Waals surface area contributed by atoms with E-state index in [0.29, 0.717) is 27.9 Å². The van der Waals surface area contributed by atoms with Crippen LogP contribution in [0.1, 0.15) is 41.6 Å². The highest BCUT2D eigenvalue weighted by molar-refractivity contribution is 6.30. The van der Waals surface area contributed by atoms with Gasteiger partial charge in [-0.05, 0) is 50.6 Å². The molecule has 1 heterocycles. The third-order valence-electron chi connectivity index (χ3n) is 5.52. The van der Waals surface area contributed by atoms with E-state index in [1.54, 1.807) is 19.1 Å². The van der Waals surface area contributed by atoms with Gasteiger partial charge in [0.25, 0.3) is 6.43 Å². The van der Waals surface area contributed by atoms with E-state index in [2.05, 4.69) is 5.32 Å². The predicted molar refractivity (Wildman–Crippen MR) is 126 cm³/mol. The Morgan fingerprint density at radius 1 is 0.969 bits per heavy atom. The Morgan fingerprint density at radius 2 is 1.69 bits per heavy atom. The maximum atomic E-state index is 13.6. The summed E-state index contributed by atoms with van der Waals surface area (Å²) in [5, 5.41) is 3.86. The summed E-state index contributed by atoms with van der Waals surface area (Å²) >= 11 is 5.91. The monoisotopic (exact) mass is 453 g/mol. The number of alkyl halides is 2. The average Bonchev–Trinajstić information content (AvgIpc) is 2.77. The van der Waals surface area contributed by atoms with Crippen LogP contribution in [0.25, 0.3) is 22.3 Å². The van der Waals surface area contributed by atoms with Crippen molar-refractivity contribution in [3.63, 3.8) is 0 Å². The summed E-state index contributed by atoms with van der Waals surface area (Å²) in [6, 6.07) is 17.1. The molecule has 0 fully saturated rings. The van der Waals surface area contributed by atoms with Crippen molar-refractivity contribution in [2.75, 3.05) is 5.32 Å². The number of rotatable bonds is 5. The Kier molecular flexibility index (Phi) is 6.02. The summed E-state index contributed by atoms with van der Waals surface area (Å²) in [6.45, 7) is 5.49. The highest BCUT2D eigenvalue weighted by Gasteiger charge is 2.21. The zero-order valence-corrected chi connectivity index (χ0v) is 18.6. The second-order valence-corrected chi connectivity index (χ2v) is 8.32. The number of hydrogen-bond donors (Lipinski definition) is 1. The van der Waals surface area contributed by atoms with Crippen LogP contribution >= 0.6 is 11.6 Å². The number of benzene rings is 3. The molecular weight excluding hydrogens is 432 g/mol. The number of fused-ring (bicyclic) bond motifs is 1. The highest BCUT2D eigenvalue weighted by Crippen LogP contribution is 2.35. The molecule has 1 N–H and O–H groups in total. The van der Waals surface area contributed by atoms with Crippen molar-refractivity contribution in [1.29, 1.82) is 0 Å². The normalized spacial score (nSPS) is 12.3. The summed E-state index contributed by atoms with van der Waals surface area (Å²) in [4.78, 5) is 13.2. The van der Waals surface area contributed by atoms with Crippen molar-refractivity contribution in [2.24, 2.45) is 0 Å². The number of anilines is 1. The van der Waals surface area contributed by atoms with Gasteiger partial charge in [0, 0.05) is 33.0 Å². The van der Waals surface area contributed by atoms with Gasteiger partial charge in [0.2, 0.25) is 0 Å². The van der Waals surface area contributed by atoms with E-state index in [0.717, 1.165) is 11.1 Å². The second-order valence-electron chi connectivity index (χ2n) is 7.88. The molecule has 6 heteroatoms. The molecule has 1 atom stereocenters. The molecule has 0 saturated carbocycles. The van der Waals surface area contributed by atoms with Gasteiger partial charge in [0.15, 0.2) is 5.43 Å². The topological polar surface area (TPSA) is 42.2 Å². The maximum Gasteiger partial charge on any atom is 0.265 e. The van der Waals surface area contributed by atoms with Crippen LogP contribution in [0.4, 0.5) is 14.5 Å². The fraction of sp³-hybridized carbons (Fsp3) is 0.192. The molecule has 1 unspecified atom stereocenters. The molecule has 0 radical (unpaired) electrons. The lowest BCUT2D eigenvalue weighted by molar-refractivity contribution is 0.152. The van der Waals surface area contributed by atoms with Gasteiger partial charge >= 0.3 is 0 Å². The van der Waals surface area contributed by atoms with Crippen LogP contribution in [0.5, 0.6) is 0 Å². The quantitative estimate of drug-likeness (QED) is 0.334. The largest absolute Gasteiger partial charge is 0.455 e. The van der Waals surface area contributed by atoms with Gasteiger partial charge in [-0.2, -0.15) is 0 Å². The van der Waals surface area contributed by atoms with E-state index >= 15 is 0 Å². The molecule has 0 saturated heterocycles. The number of halogens is 3. The minimum absolute atomic E-state index is 0.109. The number of hydrogen-bond acceptors (Lipinski definition) is 3. The molecule has 0 spiro atoms. The van der Waals surface area contributed by atoms with E-state index < -0.39 is 12.5 Å². The summed E-state index contributed by atoms with van der Waals surface area (Å²) in [6.07, 6.45) is -2.68. The van der Waals surface area contributed by atoms with Crippen LogP contribution in [0.15, 0.2) is 69.9 Å². The van der Waals surface area contributed by atoms with Crippen LogP contribution in [-0.4, -0.2) is 0 Å². The molecule has 0 aliphatic carbocycles. The van der Waals surface area contributed by atoms with E-state index in [9.17, 15) is 13.6 Å². The minimum atomic E-state index is -2.68. The molecule has 3 nitrogen and oxygen atoms in total. The standard InChI is InChI=1S/C26H22ClF2NO2/c1-14-11-19(16(3)30-22-10-9-18(27)13-20(22)26(28)29)25-21(12-14)23(31)15(2)24(32-25)17-7-5-4-6-8-17/h4-13,16,26,30H,1-3H3. The molecule has 1 aromatic heterocycles. The van der Waals surface area contributed by atoms with Crippen molar-refractivity contribution < 1.29 is 13.2 Å². The van der Waals surface area contributed by atoms with Crippen molar-refractivity contribution in [3.8, 4) is 11.3 Å². The summed E-state index contributed by atoms with van der Waals surface area (Å²) in [5.41, 5.74) is 3.36. The molecule has 32 heavy (non-hydrogen) atoms.